The highest BCUT2D eigenvalue weighted by Crippen LogP contribution is 2.25. The monoisotopic (exact) mass is 289 g/mol. The average molecular weight is 289 g/mol. The Morgan fingerprint density at radius 1 is 1.05 bits per heavy atom. The molecule has 3 nitrogen and oxygen atoms in total. The number of para-hydroxylation sites is 1. The number of hydrogen-bond donors (Lipinski definition) is 1. The second-order valence-electron chi connectivity index (χ2n) is 4.70. The van der Waals surface area contributed by atoms with Gasteiger partial charge in [-0.15, -0.1) is 0 Å². The summed E-state index contributed by atoms with van der Waals surface area (Å²) >= 11 is 0. The van der Waals surface area contributed by atoms with Gasteiger partial charge in [0.1, 0.15) is 30.5 Å². The Labute approximate surface area is 124 Å². The Morgan fingerprint density at radius 2 is 1.76 bits per heavy atom. The van der Waals surface area contributed by atoms with Gasteiger partial charge in [-0.25, -0.2) is 4.39 Å². The number of halogens is 1. The summed E-state index contributed by atoms with van der Waals surface area (Å²) in [6.07, 6.45) is 0. The minimum Gasteiger partial charge on any atom is -0.490 e. The lowest BCUT2D eigenvalue weighted by atomic mass is 10.1. The number of nitrogens with one attached hydrogen (secondary N) is 1. The summed E-state index contributed by atoms with van der Waals surface area (Å²) in [7, 11) is 1.86. The van der Waals surface area contributed by atoms with Crippen LogP contribution in [-0.2, 0) is 0 Å². The highest BCUT2D eigenvalue weighted by molar-refractivity contribution is 5.36. The highest BCUT2D eigenvalue weighted by Gasteiger charge is 2.11. The average Bonchev–Trinajstić information content (AvgIpc) is 2.52. The van der Waals surface area contributed by atoms with E-state index < -0.39 is 0 Å². The van der Waals surface area contributed by atoms with Crippen molar-refractivity contribution in [3.63, 3.8) is 0 Å². The summed E-state index contributed by atoms with van der Waals surface area (Å²) in [6, 6.07) is 14.2. The lowest BCUT2D eigenvalue weighted by molar-refractivity contribution is 0.214. The molecule has 2 rings (SSSR count). The predicted octanol–water partition coefficient (Wildman–Crippen LogP) is 3.56. The number of benzene rings is 2. The molecule has 0 saturated heterocycles. The van der Waals surface area contributed by atoms with Crippen LogP contribution in [-0.4, -0.2) is 20.3 Å². The standard InChI is InChI=1S/C17H20FNO2/c1-13(19-2)16-9-8-14(18)12-17(16)21-11-10-20-15-6-4-3-5-7-15/h3-9,12-13,19H,10-11H2,1-2H3. The van der Waals surface area contributed by atoms with Crippen LogP contribution in [0.4, 0.5) is 4.39 Å². The molecule has 0 radical (unpaired) electrons. The summed E-state index contributed by atoms with van der Waals surface area (Å²) in [5.41, 5.74) is 0.929. The van der Waals surface area contributed by atoms with Gasteiger partial charge in [0.05, 0.1) is 0 Å². The van der Waals surface area contributed by atoms with Crippen molar-refractivity contribution in [2.24, 2.45) is 0 Å². The molecule has 21 heavy (non-hydrogen) atoms. The zero-order valence-electron chi connectivity index (χ0n) is 12.3. The molecule has 0 aliphatic heterocycles. The van der Waals surface area contributed by atoms with Gasteiger partial charge >= 0.3 is 0 Å². The molecule has 4 heteroatoms. The van der Waals surface area contributed by atoms with Crippen molar-refractivity contribution < 1.29 is 13.9 Å². The first-order valence-corrected chi connectivity index (χ1v) is 6.98. The van der Waals surface area contributed by atoms with Crippen LogP contribution in [0.15, 0.2) is 48.5 Å². The van der Waals surface area contributed by atoms with Crippen molar-refractivity contribution in [3.8, 4) is 11.5 Å². The van der Waals surface area contributed by atoms with E-state index in [9.17, 15) is 4.39 Å². The molecule has 0 bridgehead atoms. The first-order valence-electron chi connectivity index (χ1n) is 6.98. The second-order valence-corrected chi connectivity index (χ2v) is 4.70. The van der Waals surface area contributed by atoms with Crippen LogP contribution < -0.4 is 14.8 Å². The van der Waals surface area contributed by atoms with Gasteiger partial charge in [0.25, 0.3) is 0 Å². The van der Waals surface area contributed by atoms with Gasteiger partial charge < -0.3 is 14.8 Å². The summed E-state index contributed by atoms with van der Waals surface area (Å²) in [5, 5.41) is 3.12. The lowest BCUT2D eigenvalue weighted by Crippen LogP contribution is -2.15. The Bertz CT molecular complexity index is 560. The summed E-state index contributed by atoms with van der Waals surface area (Å²) in [5.74, 6) is 1.04. The van der Waals surface area contributed by atoms with Gasteiger partial charge in [0.2, 0.25) is 0 Å². The smallest absolute Gasteiger partial charge is 0.127 e. The Morgan fingerprint density at radius 3 is 2.48 bits per heavy atom. The minimum absolute atomic E-state index is 0.0932. The Kier molecular flexibility index (Phi) is 5.58. The van der Waals surface area contributed by atoms with E-state index in [1.54, 1.807) is 6.07 Å². The molecule has 0 aliphatic rings. The first-order chi connectivity index (χ1) is 10.2. The molecule has 0 aliphatic carbocycles. The fraction of sp³-hybridized carbons (Fsp3) is 0.294. The first kappa shape index (κ1) is 15.3. The molecule has 2 aromatic rings. The number of ether oxygens (including phenoxy) is 2. The van der Waals surface area contributed by atoms with Crippen LogP contribution in [0.5, 0.6) is 11.5 Å². The van der Waals surface area contributed by atoms with E-state index in [0.717, 1.165) is 11.3 Å². The maximum absolute atomic E-state index is 13.4. The van der Waals surface area contributed by atoms with Gasteiger partial charge in [0, 0.05) is 17.7 Å². The third-order valence-electron chi connectivity index (χ3n) is 3.23. The normalized spacial score (nSPS) is 12.0. The van der Waals surface area contributed by atoms with E-state index in [-0.39, 0.29) is 11.9 Å². The second kappa shape index (κ2) is 7.64. The SMILES string of the molecule is CNC(C)c1ccc(F)cc1OCCOc1ccccc1. The van der Waals surface area contributed by atoms with Crippen molar-refractivity contribution in [1.29, 1.82) is 0 Å². The highest BCUT2D eigenvalue weighted by atomic mass is 19.1. The Hall–Kier alpha value is -2.07. The molecular formula is C17H20FNO2. The maximum atomic E-state index is 13.4. The molecule has 0 heterocycles. The molecule has 1 N–H and O–H groups in total. The van der Waals surface area contributed by atoms with E-state index in [2.05, 4.69) is 5.32 Å². The van der Waals surface area contributed by atoms with E-state index in [0.29, 0.717) is 19.0 Å². The molecule has 0 spiro atoms. The summed E-state index contributed by atoms with van der Waals surface area (Å²) in [4.78, 5) is 0. The largest absolute Gasteiger partial charge is 0.490 e. The topological polar surface area (TPSA) is 30.5 Å². The van der Waals surface area contributed by atoms with Gasteiger partial charge in [-0.3, -0.25) is 0 Å². The Balaban J connectivity index is 1.91. The lowest BCUT2D eigenvalue weighted by Gasteiger charge is -2.16. The molecule has 0 aromatic heterocycles. The van der Waals surface area contributed by atoms with E-state index in [1.807, 2.05) is 44.3 Å². The fourth-order valence-corrected chi connectivity index (χ4v) is 1.97. The summed E-state index contributed by atoms with van der Waals surface area (Å²) < 4.78 is 24.6. The van der Waals surface area contributed by atoms with Gasteiger partial charge in [-0.1, -0.05) is 24.3 Å². The zero-order chi connectivity index (χ0) is 15.1. The van der Waals surface area contributed by atoms with Crippen molar-refractivity contribution in [1.82, 2.24) is 5.32 Å². The van der Waals surface area contributed by atoms with Crippen LogP contribution >= 0.6 is 0 Å². The third-order valence-corrected chi connectivity index (χ3v) is 3.23. The number of hydrogen-bond acceptors (Lipinski definition) is 3. The molecular weight excluding hydrogens is 269 g/mol. The third kappa shape index (κ3) is 4.46. The molecule has 0 amide bonds. The molecule has 1 unspecified atom stereocenters. The maximum Gasteiger partial charge on any atom is 0.127 e. The molecule has 1 atom stereocenters. The van der Waals surface area contributed by atoms with Gasteiger partial charge in [-0.2, -0.15) is 0 Å². The van der Waals surface area contributed by atoms with Gasteiger partial charge in [0.15, 0.2) is 0 Å². The van der Waals surface area contributed by atoms with Crippen LogP contribution in [0.1, 0.15) is 18.5 Å². The van der Waals surface area contributed by atoms with Crippen molar-refractivity contribution in [3.05, 3.63) is 59.9 Å². The molecule has 112 valence electrons. The minimum atomic E-state index is -0.305. The van der Waals surface area contributed by atoms with Gasteiger partial charge in [-0.05, 0) is 32.2 Å². The molecule has 2 aromatic carbocycles. The van der Waals surface area contributed by atoms with Crippen LogP contribution in [0.2, 0.25) is 0 Å². The van der Waals surface area contributed by atoms with E-state index in [4.69, 9.17) is 9.47 Å². The molecule has 0 fully saturated rings. The van der Waals surface area contributed by atoms with Crippen molar-refractivity contribution in [2.75, 3.05) is 20.3 Å². The zero-order valence-corrected chi connectivity index (χ0v) is 12.3. The van der Waals surface area contributed by atoms with E-state index >= 15 is 0 Å². The molecule has 0 saturated carbocycles. The van der Waals surface area contributed by atoms with Crippen LogP contribution in [0.25, 0.3) is 0 Å². The van der Waals surface area contributed by atoms with E-state index in [1.165, 1.54) is 12.1 Å². The van der Waals surface area contributed by atoms with Crippen LogP contribution in [0, 0.1) is 5.82 Å². The predicted molar refractivity (Wildman–Crippen MR) is 81.3 cm³/mol. The van der Waals surface area contributed by atoms with Crippen LogP contribution in [0.3, 0.4) is 0 Å². The fourth-order valence-electron chi connectivity index (χ4n) is 1.97. The summed E-state index contributed by atoms with van der Waals surface area (Å²) in [6.45, 7) is 2.77. The van der Waals surface area contributed by atoms with Crippen molar-refractivity contribution in [2.45, 2.75) is 13.0 Å². The quantitative estimate of drug-likeness (QED) is 0.791. The number of rotatable bonds is 7. The van der Waals surface area contributed by atoms with Crippen molar-refractivity contribution >= 4 is 0 Å².